The van der Waals surface area contributed by atoms with Crippen molar-refractivity contribution < 1.29 is 13.9 Å². The molecule has 6 heteroatoms. The normalized spacial score (nSPS) is 15.0. The average Bonchev–Trinajstić information content (AvgIpc) is 2.71. The van der Waals surface area contributed by atoms with Crippen LogP contribution in [0, 0.1) is 6.92 Å². The van der Waals surface area contributed by atoms with Gasteiger partial charge in [0.05, 0.1) is 7.11 Å². The highest BCUT2D eigenvalue weighted by molar-refractivity contribution is 5.83. The summed E-state index contributed by atoms with van der Waals surface area (Å²) < 4.78 is 10.7. The quantitative estimate of drug-likeness (QED) is 0.741. The molecule has 1 fully saturated rings. The summed E-state index contributed by atoms with van der Waals surface area (Å²) in [6.45, 7) is 6.69. The van der Waals surface area contributed by atoms with Crippen molar-refractivity contribution in [2.75, 3.05) is 26.7 Å². The van der Waals surface area contributed by atoms with Crippen molar-refractivity contribution in [2.45, 2.75) is 52.0 Å². The van der Waals surface area contributed by atoms with E-state index in [0.29, 0.717) is 35.8 Å². The molecule has 2 aromatic rings. The van der Waals surface area contributed by atoms with Gasteiger partial charge in [-0.3, -0.25) is 4.79 Å². The number of hydrogen-bond donors (Lipinski definition) is 1. The van der Waals surface area contributed by atoms with Crippen LogP contribution in [0.2, 0.25) is 0 Å². The molecule has 1 saturated heterocycles. The van der Waals surface area contributed by atoms with Crippen molar-refractivity contribution >= 4 is 16.9 Å². The molecule has 1 aromatic carbocycles. The maximum Gasteiger partial charge on any atom is 0.339 e. The second-order valence-corrected chi connectivity index (χ2v) is 7.42. The minimum atomic E-state index is -0.366. The molecule has 1 amide bonds. The van der Waals surface area contributed by atoms with E-state index in [2.05, 4.69) is 12.2 Å². The maximum absolute atomic E-state index is 12.9. The highest BCUT2D eigenvalue weighted by atomic mass is 16.5. The number of ether oxygens (including phenoxy) is 1. The Morgan fingerprint density at radius 1 is 1.32 bits per heavy atom. The molecular formula is C22H30N2O4. The predicted octanol–water partition coefficient (Wildman–Crippen LogP) is 3.03. The van der Waals surface area contributed by atoms with E-state index in [1.807, 2.05) is 24.0 Å². The van der Waals surface area contributed by atoms with Crippen molar-refractivity contribution in [1.82, 2.24) is 10.2 Å². The van der Waals surface area contributed by atoms with E-state index in [4.69, 9.17) is 9.15 Å². The molecule has 0 unspecified atom stereocenters. The number of amides is 1. The number of methoxy groups -OCH3 is 1. The standard InChI is InChI=1S/C22H30N2O4/c1-4-13-24(16-9-11-23-12-10-16)21(25)8-7-19-15(2)18-6-5-17(27-3)14-20(18)28-22(19)26/h5-6,14,16,23H,4,7-13H2,1-3H3. The SMILES string of the molecule is CCCN(C(=O)CCc1c(C)c2ccc(OC)cc2oc1=O)C1CCNCC1. The summed E-state index contributed by atoms with van der Waals surface area (Å²) in [5.41, 5.74) is 1.62. The fourth-order valence-electron chi connectivity index (χ4n) is 4.04. The number of rotatable bonds is 7. The van der Waals surface area contributed by atoms with Gasteiger partial charge in [0.1, 0.15) is 11.3 Å². The first-order valence-corrected chi connectivity index (χ1v) is 10.2. The molecular weight excluding hydrogens is 356 g/mol. The summed E-state index contributed by atoms with van der Waals surface area (Å²) in [6.07, 6.45) is 3.65. The Bertz CT molecular complexity index is 884. The van der Waals surface area contributed by atoms with Gasteiger partial charge < -0.3 is 19.4 Å². The molecule has 2 heterocycles. The molecule has 0 spiro atoms. The van der Waals surface area contributed by atoms with Gasteiger partial charge in [0.25, 0.3) is 0 Å². The van der Waals surface area contributed by atoms with Gasteiger partial charge in [-0.05, 0) is 63.4 Å². The fraction of sp³-hybridized carbons (Fsp3) is 0.545. The highest BCUT2D eigenvalue weighted by Crippen LogP contribution is 2.25. The van der Waals surface area contributed by atoms with E-state index in [-0.39, 0.29) is 11.5 Å². The number of hydrogen-bond acceptors (Lipinski definition) is 5. The van der Waals surface area contributed by atoms with E-state index in [1.54, 1.807) is 13.2 Å². The minimum absolute atomic E-state index is 0.127. The van der Waals surface area contributed by atoms with Gasteiger partial charge in [0.2, 0.25) is 5.91 Å². The van der Waals surface area contributed by atoms with Gasteiger partial charge in [0, 0.05) is 36.0 Å². The van der Waals surface area contributed by atoms with Crippen LogP contribution in [-0.4, -0.2) is 43.6 Å². The van der Waals surface area contributed by atoms with Gasteiger partial charge in [0.15, 0.2) is 0 Å². The van der Waals surface area contributed by atoms with Crippen LogP contribution in [0.1, 0.15) is 43.7 Å². The van der Waals surface area contributed by atoms with Crippen molar-refractivity contribution in [1.29, 1.82) is 0 Å². The number of carbonyl (C=O) groups is 1. The first-order chi connectivity index (χ1) is 13.5. The Morgan fingerprint density at radius 3 is 2.75 bits per heavy atom. The molecule has 0 bridgehead atoms. The molecule has 28 heavy (non-hydrogen) atoms. The van der Waals surface area contributed by atoms with Crippen LogP contribution in [-0.2, 0) is 11.2 Å². The second kappa shape index (κ2) is 9.24. The average molecular weight is 386 g/mol. The molecule has 1 aliphatic rings. The second-order valence-electron chi connectivity index (χ2n) is 7.42. The minimum Gasteiger partial charge on any atom is -0.497 e. The van der Waals surface area contributed by atoms with Crippen LogP contribution >= 0.6 is 0 Å². The van der Waals surface area contributed by atoms with Crippen molar-refractivity contribution in [3.63, 3.8) is 0 Å². The zero-order valence-corrected chi connectivity index (χ0v) is 17.0. The molecule has 3 rings (SSSR count). The molecule has 0 saturated carbocycles. The largest absolute Gasteiger partial charge is 0.497 e. The van der Waals surface area contributed by atoms with E-state index >= 15 is 0 Å². The van der Waals surface area contributed by atoms with Crippen molar-refractivity contribution in [3.8, 4) is 5.75 Å². The summed E-state index contributed by atoms with van der Waals surface area (Å²) in [6, 6.07) is 5.77. The Morgan fingerprint density at radius 2 is 2.07 bits per heavy atom. The summed E-state index contributed by atoms with van der Waals surface area (Å²) >= 11 is 0. The number of nitrogens with one attached hydrogen (secondary N) is 1. The van der Waals surface area contributed by atoms with Gasteiger partial charge in [-0.15, -0.1) is 0 Å². The van der Waals surface area contributed by atoms with Crippen LogP contribution < -0.4 is 15.7 Å². The number of nitrogens with zero attached hydrogens (tertiary/aromatic N) is 1. The highest BCUT2D eigenvalue weighted by Gasteiger charge is 2.25. The summed E-state index contributed by atoms with van der Waals surface area (Å²) in [5, 5.41) is 4.23. The number of aryl methyl sites for hydroxylation is 1. The van der Waals surface area contributed by atoms with Gasteiger partial charge in [-0.1, -0.05) is 6.92 Å². The van der Waals surface area contributed by atoms with Crippen LogP contribution in [0.15, 0.2) is 27.4 Å². The lowest BCUT2D eigenvalue weighted by atomic mass is 10.0. The monoisotopic (exact) mass is 386 g/mol. The maximum atomic E-state index is 12.9. The third-order valence-corrected chi connectivity index (χ3v) is 5.62. The van der Waals surface area contributed by atoms with Gasteiger partial charge in [-0.2, -0.15) is 0 Å². The molecule has 6 nitrogen and oxygen atoms in total. The topological polar surface area (TPSA) is 71.8 Å². The Labute approximate surface area is 165 Å². The van der Waals surface area contributed by atoms with Crippen LogP contribution in [0.3, 0.4) is 0 Å². The lowest BCUT2D eigenvalue weighted by molar-refractivity contribution is -0.134. The summed E-state index contributed by atoms with van der Waals surface area (Å²) in [4.78, 5) is 27.5. The van der Waals surface area contributed by atoms with Crippen LogP contribution in [0.4, 0.5) is 0 Å². The number of fused-ring (bicyclic) bond motifs is 1. The third kappa shape index (κ3) is 4.38. The van der Waals surface area contributed by atoms with Crippen LogP contribution in [0.25, 0.3) is 11.0 Å². The Hall–Kier alpha value is -2.34. The molecule has 1 aliphatic heterocycles. The molecule has 152 valence electrons. The Kier molecular flexibility index (Phi) is 6.73. The first-order valence-electron chi connectivity index (χ1n) is 10.2. The molecule has 1 aromatic heterocycles. The zero-order valence-electron chi connectivity index (χ0n) is 17.0. The van der Waals surface area contributed by atoms with Gasteiger partial charge >= 0.3 is 5.63 Å². The lowest BCUT2D eigenvalue weighted by Gasteiger charge is -2.34. The third-order valence-electron chi connectivity index (χ3n) is 5.62. The summed E-state index contributed by atoms with van der Waals surface area (Å²) in [7, 11) is 1.58. The van der Waals surface area contributed by atoms with Crippen molar-refractivity contribution in [2.24, 2.45) is 0 Å². The van der Waals surface area contributed by atoms with E-state index < -0.39 is 0 Å². The first kappa shape index (κ1) is 20.4. The smallest absolute Gasteiger partial charge is 0.339 e. The van der Waals surface area contributed by atoms with E-state index in [9.17, 15) is 9.59 Å². The number of benzene rings is 1. The summed E-state index contributed by atoms with van der Waals surface area (Å²) in [5.74, 6) is 0.775. The molecule has 0 atom stereocenters. The van der Waals surface area contributed by atoms with Crippen LogP contribution in [0.5, 0.6) is 5.75 Å². The predicted molar refractivity (Wildman–Crippen MR) is 110 cm³/mol. The van der Waals surface area contributed by atoms with E-state index in [1.165, 1.54) is 0 Å². The molecule has 0 radical (unpaired) electrons. The number of carbonyl (C=O) groups excluding carboxylic acids is 1. The van der Waals surface area contributed by atoms with Gasteiger partial charge in [-0.25, -0.2) is 4.79 Å². The van der Waals surface area contributed by atoms with E-state index in [0.717, 1.165) is 49.8 Å². The molecule has 0 aliphatic carbocycles. The fourth-order valence-corrected chi connectivity index (χ4v) is 4.04. The molecule has 1 N–H and O–H groups in total. The number of piperidine rings is 1. The Balaban J connectivity index is 1.78. The van der Waals surface area contributed by atoms with Crippen molar-refractivity contribution in [3.05, 3.63) is 39.7 Å². The lowest BCUT2D eigenvalue weighted by Crippen LogP contribution is -2.46. The zero-order chi connectivity index (χ0) is 20.1.